The van der Waals surface area contributed by atoms with E-state index in [1.165, 1.54) is 23.5 Å². The third kappa shape index (κ3) is 3.98. The molecule has 3 aromatic rings. The minimum absolute atomic E-state index is 0.0432. The minimum Gasteiger partial charge on any atom is -0.258 e. The third-order valence-corrected chi connectivity index (χ3v) is 4.81. The maximum atomic E-state index is 11.0. The number of thiazole rings is 1. The first-order chi connectivity index (χ1) is 12.2. The van der Waals surface area contributed by atoms with Gasteiger partial charge in [0.25, 0.3) is 5.69 Å². The molecule has 0 fully saturated rings. The summed E-state index contributed by atoms with van der Waals surface area (Å²) in [5.74, 6) is 0. The fourth-order valence-corrected chi connectivity index (χ4v) is 3.57. The van der Waals surface area contributed by atoms with E-state index in [0.717, 1.165) is 11.3 Å². The lowest BCUT2D eigenvalue weighted by molar-refractivity contribution is -0.384. The molecule has 0 aliphatic heterocycles. The number of nitrogens with zero attached hydrogens (tertiary/aromatic N) is 4. The molecule has 0 unspecified atom stereocenters. The summed E-state index contributed by atoms with van der Waals surface area (Å²) in [6, 6.07) is 8.46. The maximum absolute atomic E-state index is 11.0. The Kier molecular flexibility index (Phi) is 5.32. The van der Waals surface area contributed by atoms with Gasteiger partial charge in [0.2, 0.25) is 4.80 Å². The van der Waals surface area contributed by atoms with Crippen LogP contribution in [0.2, 0.25) is 0 Å². The molecule has 126 valence electrons. The second-order valence-corrected chi connectivity index (χ2v) is 6.57. The van der Waals surface area contributed by atoms with Gasteiger partial charge in [-0.2, -0.15) is 16.4 Å². The van der Waals surface area contributed by atoms with Crippen molar-refractivity contribution in [2.75, 3.05) is 6.54 Å². The van der Waals surface area contributed by atoms with Crippen LogP contribution in [-0.4, -0.2) is 22.4 Å². The Morgan fingerprint density at radius 2 is 2.20 bits per heavy atom. The van der Waals surface area contributed by atoms with Gasteiger partial charge < -0.3 is 0 Å². The van der Waals surface area contributed by atoms with Crippen LogP contribution >= 0.6 is 22.7 Å². The van der Waals surface area contributed by atoms with Crippen molar-refractivity contribution in [3.05, 3.63) is 79.6 Å². The lowest BCUT2D eigenvalue weighted by Gasteiger charge is -2.03. The Bertz CT molecular complexity index is 984. The molecule has 0 amide bonds. The van der Waals surface area contributed by atoms with E-state index in [0.29, 0.717) is 16.9 Å². The first-order valence-corrected chi connectivity index (χ1v) is 9.14. The van der Waals surface area contributed by atoms with Crippen molar-refractivity contribution >= 4 is 34.6 Å². The average molecular weight is 370 g/mol. The highest BCUT2D eigenvalue weighted by Gasteiger charge is 2.11. The highest BCUT2D eigenvalue weighted by molar-refractivity contribution is 7.08. The number of hydrogen-bond acceptors (Lipinski definition) is 6. The van der Waals surface area contributed by atoms with Gasteiger partial charge in [0.1, 0.15) is 0 Å². The largest absolute Gasteiger partial charge is 0.270 e. The van der Waals surface area contributed by atoms with Crippen LogP contribution in [0.4, 0.5) is 5.69 Å². The van der Waals surface area contributed by atoms with E-state index in [1.54, 1.807) is 34.4 Å². The van der Waals surface area contributed by atoms with Gasteiger partial charge in [-0.1, -0.05) is 18.2 Å². The van der Waals surface area contributed by atoms with Crippen LogP contribution < -0.4 is 4.80 Å². The van der Waals surface area contributed by atoms with Gasteiger partial charge in [0, 0.05) is 28.6 Å². The molecular weight excluding hydrogens is 356 g/mol. The van der Waals surface area contributed by atoms with Gasteiger partial charge in [0.15, 0.2) is 0 Å². The molecule has 0 aliphatic rings. The lowest BCUT2D eigenvalue weighted by Crippen LogP contribution is -2.12. The van der Waals surface area contributed by atoms with E-state index in [4.69, 9.17) is 0 Å². The number of non-ortho nitro benzene ring substituents is 1. The van der Waals surface area contributed by atoms with Crippen LogP contribution in [0.3, 0.4) is 0 Å². The number of hydrogen-bond donors (Lipinski definition) is 0. The highest BCUT2D eigenvalue weighted by Crippen LogP contribution is 2.24. The summed E-state index contributed by atoms with van der Waals surface area (Å²) in [5, 5.41) is 21.4. The fourth-order valence-electron chi connectivity index (χ4n) is 2.11. The second kappa shape index (κ2) is 7.82. The molecule has 0 saturated carbocycles. The molecule has 0 atom stereocenters. The molecule has 25 heavy (non-hydrogen) atoms. The van der Waals surface area contributed by atoms with Crippen LogP contribution in [0.15, 0.2) is 69.2 Å². The number of nitro benzene ring substituents is 1. The van der Waals surface area contributed by atoms with Crippen molar-refractivity contribution in [3.63, 3.8) is 0 Å². The molecule has 0 aliphatic carbocycles. The van der Waals surface area contributed by atoms with E-state index in [9.17, 15) is 10.1 Å². The SMILES string of the molecule is C=CCN=c1scc(-c2cccc([N+](=O)[O-])c2)n1N=Cc1ccsc1. The molecule has 8 heteroatoms. The summed E-state index contributed by atoms with van der Waals surface area (Å²) in [4.78, 5) is 15.8. The van der Waals surface area contributed by atoms with E-state index in [1.807, 2.05) is 28.3 Å². The van der Waals surface area contributed by atoms with E-state index in [-0.39, 0.29) is 5.69 Å². The number of nitro groups is 1. The van der Waals surface area contributed by atoms with Gasteiger partial charge in [-0.15, -0.1) is 17.9 Å². The van der Waals surface area contributed by atoms with Crippen molar-refractivity contribution in [1.82, 2.24) is 4.68 Å². The van der Waals surface area contributed by atoms with Gasteiger partial charge in [0.05, 0.1) is 23.4 Å². The van der Waals surface area contributed by atoms with Crippen molar-refractivity contribution in [1.29, 1.82) is 0 Å². The van der Waals surface area contributed by atoms with Gasteiger partial charge in [-0.3, -0.25) is 15.1 Å². The van der Waals surface area contributed by atoms with Gasteiger partial charge >= 0.3 is 0 Å². The van der Waals surface area contributed by atoms with Crippen molar-refractivity contribution in [3.8, 4) is 11.3 Å². The molecule has 1 aromatic carbocycles. The quantitative estimate of drug-likeness (QED) is 0.283. The molecule has 6 nitrogen and oxygen atoms in total. The first kappa shape index (κ1) is 17.0. The smallest absolute Gasteiger partial charge is 0.258 e. The third-order valence-electron chi connectivity index (χ3n) is 3.26. The Labute approximate surface area is 151 Å². The minimum atomic E-state index is -0.405. The van der Waals surface area contributed by atoms with Crippen molar-refractivity contribution in [2.24, 2.45) is 10.1 Å². The summed E-state index contributed by atoms with van der Waals surface area (Å²) in [6.45, 7) is 4.15. The molecule has 0 radical (unpaired) electrons. The average Bonchev–Trinajstić information content (AvgIpc) is 3.27. The lowest BCUT2D eigenvalue weighted by atomic mass is 10.1. The Morgan fingerprint density at radius 1 is 1.32 bits per heavy atom. The van der Waals surface area contributed by atoms with Crippen LogP contribution in [0.1, 0.15) is 5.56 Å². The fraction of sp³-hybridized carbons (Fsp3) is 0.0588. The zero-order valence-electron chi connectivity index (χ0n) is 13.1. The Hall–Kier alpha value is -2.84. The molecule has 2 aromatic heterocycles. The summed E-state index contributed by atoms with van der Waals surface area (Å²) in [6.07, 6.45) is 3.46. The number of thiophene rings is 1. The van der Waals surface area contributed by atoms with Gasteiger partial charge in [-0.25, -0.2) is 4.68 Å². The topological polar surface area (TPSA) is 72.8 Å². The Balaban J connectivity index is 2.10. The maximum Gasteiger partial charge on any atom is 0.270 e. The second-order valence-electron chi connectivity index (χ2n) is 4.95. The molecule has 3 rings (SSSR count). The van der Waals surface area contributed by atoms with E-state index >= 15 is 0 Å². The normalized spacial score (nSPS) is 11.9. The molecule has 0 saturated heterocycles. The van der Waals surface area contributed by atoms with Crippen molar-refractivity contribution in [2.45, 2.75) is 0 Å². The number of aromatic nitrogens is 1. The van der Waals surface area contributed by atoms with Gasteiger partial charge in [-0.05, 0) is 16.8 Å². The first-order valence-electron chi connectivity index (χ1n) is 7.32. The van der Waals surface area contributed by atoms with Crippen LogP contribution in [0, 0.1) is 10.1 Å². The van der Waals surface area contributed by atoms with E-state index < -0.39 is 4.92 Å². The van der Waals surface area contributed by atoms with Crippen molar-refractivity contribution < 1.29 is 4.92 Å². The predicted molar refractivity (Wildman–Crippen MR) is 102 cm³/mol. The zero-order chi connectivity index (χ0) is 17.6. The standard InChI is InChI=1S/C17H14N4O2S2/c1-2-7-18-17-20(19-10-13-6-8-24-11-13)16(12-25-17)14-4-3-5-15(9-14)21(22)23/h2-6,8-12H,1,7H2. The van der Waals surface area contributed by atoms with Crippen LogP contribution in [0.25, 0.3) is 11.3 Å². The molecule has 0 spiro atoms. The Morgan fingerprint density at radius 3 is 2.92 bits per heavy atom. The molecule has 0 bridgehead atoms. The summed E-state index contributed by atoms with van der Waals surface area (Å²) < 4.78 is 1.70. The molecular formula is C17H14N4O2S2. The number of benzene rings is 1. The summed E-state index contributed by atoms with van der Waals surface area (Å²) in [7, 11) is 0. The summed E-state index contributed by atoms with van der Waals surface area (Å²) in [5.41, 5.74) is 2.50. The number of rotatable bonds is 6. The molecule has 2 heterocycles. The van der Waals surface area contributed by atoms with E-state index in [2.05, 4.69) is 16.7 Å². The monoisotopic (exact) mass is 370 g/mol. The highest BCUT2D eigenvalue weighted by atomic mass is 32.1. The van der Waals surface area contributed by atoms with Crippen LogP contribution in [-0.2, 0) is 0 Å². The summed E-state index contributed by atoms with van der Waals surface area (Å²) >= 11 is 3.02. The predicted octanol–water partition coefficient (Wildman–Crippen LogP) is 4.16. The molecule has 0 N–H and O–H groups in total. The zero-order valence-corrected chi connectivity index (χ0v) is 14.7. The van der Waals surface area contributed by atoms with Crippen LogP contribution in [0.5, 0.6) is 0 Å².